The Morgan fingerprint density at radius 3 is 2.67 bits per heavy atom. The molecule has 2 heterocycles. The summed E-state index contributed by atoms with van der Waals surface area (Å²) in [5.41, 5.74) is 2.37. The van der Waals surface area contributed by atoms with Crippen molar-refractivity contribution in [3.63, 3.8) is 0 Å². The third-order valence-corrected chi connectivity index (χ3v) is 4.06. The molecule has 0 saturated heterocycles. The van der Waals surface area contributed by atoms with E-state index < -0.39 is 6.29 Å². The molecule has 0 N–H and O–H groups in total. The first-order valence-electron chi connectivity index (χ1n) is 7.65. The van der Waals surface area contributed by atoms with Gasteiger partial charge >= 0.3 is 0 Å². The van der Waals surface area contributed by atoms with Gasteiger partial charge in [-0.05, 0) is 25.1 Å². The van der Waals surface area contributed by atoms with Gasteiger partial charge < -0.3 is 18.8 Å². The Morgan fingerprint density at radius 2 is 1.96 bits per heavy atom. The molecule has 1 amide bonds. The van der Waals surface area contributed by atoms with E-state index in [1.165, 1.54) is 19.1 Å². The number of hydrogen-bond acceptors (Lipinski definition) is 5. The summed E-state index contributed by atoms with van der Waals surface area (Å²) in [4.78, 5) is 18.7. The highest BCUT2D eigenvalue weighted by atomic mass is 16.7. The van der Waals surface area contributed by atoms with Crippen LogP contribution in [0.5, 0.6) is 0 Å². The van der Waals surface area contributed by atoms with E-state index in [1.54, 1.807) is 13.1 Å². The average Bonchev–Trinajstić information content (AvgIpc) is 3.05. The quantitative estimate of drug-likeness (QED) is 0.674. The molecule has 6 nitrogen and oxygen atoms in total. The van der Waals surface area contributed by atoms with Crippen LogP contribution >= 0.6 is 0 Å². The summed E-state index contributed by atoms with van der Waals surface area (Å²) in [5, 5.41) is 1.74. The lowest BCUT2D eigenvalue weighted by atomic mass is 10.1. The molecular formula is C18H20N2O4. The molecule has 0 atom stereocenters. The molecule has 3 aromatic rings. The normalized spacial score (nSPS) is 11.5. The van der Waals surface area contributed by atoms with Crippen LogP contribution in [0.2, 0.25) is 0 Å². The van der Waals surface area contributed by atoms with Gasteiger partial charge in [-0.2, -0.15) is 0 Å². The Bertz CT molecular complexity index is 883. The number of likely N-dealkylation sites (N-methyl/N-ethyl adjacent to an activating group) is 1. The number of amides is 1. The van der Waals surface area contributed by atoms with E-state index in [9.17, 15) is 4.79 Å². The summed E-state index contributed by atoms with van der Waals surface area (Å²) >= 11 is 0. The fourth-order valence-corrected chi connectivity index (χ4v) is 2.71. The number of carbonyl (C=O) groups excluding carboxylic acids is 1. The van der Waals surface area contributed by atoms with Gasteiger partial charge in [-0.25, -0.2) is 0 Å². The number of benzene rings is 1. The van der Waals surface area contributed by atoms with E-state index in [0.29, 0.717) is 12.1 Å². The van der Waals surface area contributed by atoms with Crippen LogP contribution in [0.25, 0.3) is 21.9 Å². The standard InChI is InChI=1S/C18H20N2O4/c1-11-13-9-15(18(21)20(2)10-16(22-3)23-4)24-17(13)12-7-5-6-8-14(12)19-11/h5-9,16H,10H2,1-4H3. The van der Waals surface area contributed by atoms with Gasteiger partial charge in [0.2, 0.25) is 0 Å². The molecule has 0 aliphatic carbocycles. The molecule has 0 bridgehead atoms. The van der Waals surface area contributed by atoms with E-state index in [2.05, 4.69) is 4.98 Å². The van der Waals surface area contributed by atoms with E-state index in [4.69, 9.17) is 13.9 Å². The number of aryl methyl sites for hydroxylation is 1. The molecule has 0 radical (unpaired) electrons. The summed E-state index contributed by atoms with van der Waals surface area (Å²) < 4.78 is 16.2. The Hall–Kier alpha value is -2.44. The summed E-state index contributed by atoms with van der Waals surface area (Å²) in [6.07, 6.45) is -0.479. The molecule has 24 heavy (non-hydrogen) atoms. The van der Waals surface area contributed by atoms with Crippen LogP contribution in [0.15, 0.2) is 34.7 Å². The molecule has 126 valence electrons. The number of rotatable bonds is 5. The smallest absolute Gasteiger partial charge is 0.289 e. The van der Waals surface area contributed by atoms with E-state index in [0.717, 1.165) is 22.0 Å². The first-order chi connectivity index (χ1) is 11.5. The van der Waals surface area contributed by atoms with Crippen LogP contribution in [0.1, 0.15) is 16.2 Å². The minimum absolute atomic E-state index is 0.228. The Morgan fingerprint density at radius 1 is 1.25 bits per heavy atom. The third kappa shape index (κ3) is 2.86. The first-order valence-corrected chi connectivity index (χ1v) is 7.65. The number of para-hydroxylation sites is 1. The van der Waals surface area contributed by atoms with Gasteiger partial charge in [0.15, 0.2) is 12.1 Å². The largest absolute Gasteiger partial charge is 0.450 e. The zero-order chi connectivity index (χ0) is 17.3. The van der Waals surface area contributed by atoms with Crippen LogP contribution in [-0.4, -0.2) is 49.9 Å². The molecule has 0 aliphatic heterocycles. The van der Waals surface area contributed by atoms with Gasteiger partial charge in [0.25, 0.3) is 5.91 Å². The van der Waals surface area contributed by atoms with Crippen molar-refractivity contribution in [2.45, 2.75) is 13.2 Å². The van der Waals surface area contributed by atoms with Crippen LogP contribution in [0.4, 0.5) is 0 Å². The molecular weight excluding hydrogens is 308 g/mol. The summed E-state index contributed by atoms with van der Waals surface area (Å²) in [7, 11) is 4.76. The highest BCUT2D eigenvalue weighted by Crippen LogP contribution is 2.29. The number of ether oxygens (including phenoxy) is 2. The van der Waals surface area contributed by atoms with Crippen molar-refractivity contribution in [1.29, 1.82) is 0 Å². The number of methoxy groups -OCH3 is 2. The number of aromatic nitrogens is 1. The van der Waals surface area contributed by atoms with E-state index >= 15 is 0 Å². The summed E-state index contributed by atoms with van der Waals surface area (Å²) in [5.74, 6) is 0.0495. The molecule has 0 spiro atoms. The van der Waals surface area contributed by atoms with Crippen LogP contribution in [0, 0.1) is 6.92 Å². The fourth-order valence-electron chi connectivity index (χ4n) is 2.71. The van der Waals surface area contributed by atoms with E-state index in [-0.39, 0.29) is 11.7 Å². The molecule has 1 aromatic carbocycles. The average molecular weight is 328 g/mol. The zero-order valence-electron chi connectivity index (χ0n) is 14.2. The molecule has 6 heteroatoms. The minimum atomic E-state index is -0.479. The Kier molecular flexibility index (Phi) is 4.51. The maximum atomic E-state index is 12.6. The van der Waals surface area contributed by atoms with Crippen LogP contribution < -0.4 is 0 Å². The molecule has 0 fully saturated rings. The van der Waals surface area contributed by atoms with Crippen LogP contribution in [0.3, 0.4) is 0 Å². The molecule has 0 unspecified atom stereocenters. The van der Waals surface area contributed by atoms with Gasteiger partial charge in [0.05, 0.1) is 12.1 Å². The number of hydrogen-bond donors (Lipinski definition) is 0. The van der Waals surface area contributed by atoms with Gasteiger partial charge in [0, 0.05) is 37.7 Å². The van der Waals surface area contributed by atoms with Crippen molar-refractivity contribution in [3.05, 3.63) is 41.8 Å². The number of nitrogens with zero attached hydrogens (tertiary/aromatic N) is 2. The number of furan rings is 1. The third-order valence-electron chi connectivity index (χ3n) is 4.06. The fraction of sp³-hybridized carbons (Fsp3) is 0.333. The molecule has 3 rings (SSSR count). The van der Waals surface area contributed by atoms with Gasteiger partial charge in [-0.3, -0.25) is 9.78 Å². The lowest BCUT2D eigenvalue weighted by molar-refractivity contribution is -0.110. The zero-order valence-corrected chi connectivity index (χ0v) is 14.2. The molecule has 2 aromatic heterocycles. The highest BCUT2D eigenvalue weighted by Gasteiger charge is 2.21. The van der Waals surface area contributed by atoms with Crippen molar-refractivity contribution in [1.82, 2.24) is 9.88 Å². The molecule has 0 saturated carbocycles. The summed E-state index contributed by atoms with van der Waals surface area (Å²) in [6.45, 7) is 2.22. The van der Waals surface area contributed by atoms with Crippen molar-refractivity contribution in [2.24, 2.45) is 0 Å². The predicted octanol–water partition coefficient (Wildman–Crippen LogP) is 2.98. The second-order valence-corrected chi connectivity index (χ2v) is 5.65. The second-order valence-electron chi connectivity index (χ2n) is 5.65. The maximum absolute atomic E-state index is 12.6. The number of fused-ring (bicyclic) bond motifs is 3. The minimum Gasteiger partial charge on any atom is -0.450 e. The monoisotopic (exact) mass is 328 g/mol. The Balaban J connectivity index is 2.00. The van der Waals surface area contributed by atoms with Crippen molar-refractivity contribution < 1.29 is 18.7 Å². The van der Waals surface area contributed by atoms with Gasteiger partial charge in [-0.1, -0.05) is 12.1 Å². The topological polar surface area (TPSA) is 64.8 Å². The molecule has 0 aliphatic rings. The maximum Gasteiger partial charge on any atom is 0.289 e. The van der Waals surface area contributed by atoms with Gasteiger partial charge in [0.1, 0.15) is 5.58 Å². The number of carbonyl (C=O) groups is 1. The Labute approximate surface area is 140 Å². The van der Waals surface area contributed by atoms with Crippen molar-refractivity contribution in [2.75, 3.05) is 27.8 Å². The van der Waals surface area contributed by atoms with Crippen molar-refractivity contribution in [3.8, 4) is 0 Å². The van der Waals surface area contributed by atoms with Crippen LogP contribution in [-0.2, 0) is 9.47 Å². The first kappa shape index (κ1) is 16.4. The lowest BCUT2D eigenvalue weighted by Crippen LogP contribution is -2.35. The summed E-state index contributed by atoms with van der Waals surface area (Å²) in [6, 6.07) is 9.48. The van der Waals surface area contributed by atoms with Gasteiger partial charge in [-0.15, -0.1) is 0 Å². The highest BCUT2D eigenvalue weighted by molar-refractivity contribution is 6.06. The lowest BCUT2D eigenvalue weighted by Gasteiger charge is -2.21. The predicted molar refractivity (Wildman–Crippen MR) is 91.0 cm³/mol. The number of pyridine rings is 1. The van der Waals surface area contributed by atoms with E-state index in [1.807, 2.05) is 31.2 Å². The second kappa shape index (κ2) is 6.59. The SMILES string of the molecule is COC(CN(C)C(=O)c1cc2c(C)nc3ccccc3c2o1)OC. The van der Waals surface area contributed by atoms with Crippen molar-refractivity contribution >= 4 is 27.8 Å².